The molecule has 2 aromatic carbocycles. The molecule has 4 N–H and O–H groups in total. The molecule has 0 unspecified atom stereocenters. The fraction of sp³-hybridized carbons (Fsp3) is 0.0476. The summed E-state index contributed by atoms with van der Waals surface area (Å²) in [6, 6.07) is 9.07. The lowest BCUT2D eigenvalue weighted by atomic mass is 10.1. The van der Waals surface area contributed by atoms with Crippen LogP contribution in [0, 0.1) is 0 Å². The van der Waals surface area contributed by atoms with E-state index in [0.717, 1.165) is 0 Å². The summed E-state index contributed by atoms with van der Waals surface area (Å²) in [6.07, 6.45) is 4.21. The van der Waals surface area contributed by atoms with E-state index in [0.29, 0.717) is 10.9 Å². The average molecular weight is 492 g/mol. The number of rotatable bonds is 6. The molecule has 8 nitrogen and oxygen atoms in total. The van der Waals surface area contributed by atoms with Crippen LogP contribution in [0.3, 0.4) is 0 Å². The summed E-state index contributed by atoms with van der Waals surface area (Å²) in [6.45, 7) is 0. The first-order valence-corrected chi connectivity index (χ1v) is 11.3. The number of hydrogen-bond donors (Lipinski definition) is 3. The number of carbonyl (C=O) groups is 1. The summed E-state index contributed by atoms with van der Waals surface area (Å²) in [4.78, 5) is 18.1. The van der Waals surface area contributed by atoms with E-state index in [9.17, 15) is 13.2 Å². The molecule has 4 aromatic rings. The van der Waals surface area contributed by atoms with E-state index in [-0.39, 0.29) is 36.9 Å². The van der Waals surface area contributed by atoms with Crippen LogP contribution in [0.2, 0.25) is 10.0 Å². The fourth-order valence-electron chi connectivity index (χ4n) is 3.12. The van der Waals surface area contributed by atoms with Crippen molar-refractivity contribution in [2.75, 3.05) is 0 Å². The van der Waals surface area contributed by atoms with Gasteiger partial charge in [0.1, 0.15) is 11.8 Å². The summed E-state index contributed by atoms with van der Waals surface area (Å²) in [5, 5.41) is 9.61. The lowest BCUT2D eigenvalue weighted by molar-refractivity contribution is -0.138. The van der Waals surface area contributed by atoms with E-state index in [2.05, 4.69) is 9.97 Å². The normalized spacial score (nSPS) is 12.6. The molecule has 0 aliphatic carbocycles. The highest BCUT2D eigenvalue weighted by Gasteiger charge is 2.23. The van der Waals surface area contributed by atoms with Gasteiger partial charge < -0.3 is 20.6 Å². The number of carboxylic acid groups (broad SMARTS) is 1. The van der Waals surface area contributed by atoms with E-state index in [1.54, 1.807) is 18.2 Å². The molecule has 0 fully saturated rings. The minimum Gasteiger partial charge on any atom is -0.480 e. The average Bonchev–Trinajstić information content (AvgIpc) is 3.20. The third-order valence-electron chi connectivity index (χ3n) is 4.73. The van der Waals surface area contributed by atoms with Gasteiger partial charge in [0.2, 0.25) is 9.84 Å². The van der Waals surface area contributed by atoms with Gasteiger partial charge in [0.25, 0.3) is 0 Å². The number of nitrogens with two attached hydrogens (primary N) is 1. The van der Waals surface area contributed by atoms with Gasteiger partial charge in [0, 0.05) is 29.5 Å². The standard InChI is InChI=1S/C21H15Cl2N3O5S/c22-15-7-11(19(24)21(27)28)8-16(23)20(15)31-12-1-2-17-14(9-12)18(10-26-17)32(29,30)13-3-5-25-6-4-13/h1-10,19,26H,24H2,(H,27,28)/t19-/m1/s1. The van der Waals surface area contributed by atoms with Gasteiger partial charge in [-0.25, -0.2) is 8.42 Å². The minimum absolute atomic E-state index is 0.0583. The zero-order chi connectivity index (χ0) is 23.0. The number of nitrogens with one attached hydrogen (secondary N) is 1. The number of aromatic nitrogens is 2. The molecular weight excluding hydrogens is 477 g/mol. The number of H-pyrrole nitrogens is 1. The summed E-state index contributed by atoms with van der Waals surface area (Å²) in [5.41, 5.74) is 6.41. The van der Waals surface area contributed by atoms with Crippen LogP contribution < -0.4 is 10.5 Å². The van der Waals surface area contributed by atoms with Gasteiger partial charge >= 0.3 is 5.97 Å². The number of sulfone groups is 1. The molecule has 2 aromatic heterocycles. The second-order valence-corrected chi connectivity index (χ2v) is 9.51. The lowest BCUT2D eigenvalue weighted by Gasteiger charge is -2.13. The number of hydrogen-bond acceptors (Lipinski definition) is 6. The number of nitrogens with zero attached hydrogens (tertiary/aromatic N) is 1. The maximum absolute atomic E-state index is 13.1. The van der Waals surface area contributed by atoms with Crippen molar-refractivity contribution in [3.63, 3.8) is 0 Å². The summed E-state index contributed by atoms with van der Waals surface area (Å²) < 4.78 is 31.9. The highest BCUT2D eigenvalue weighted by atomic mass is 35.5. The van der Waals surface area contributed by atoms with E-state index >= 15 is 0 Å². The molecule has 2 heterocycles. The van der Waals surface area contributed by atoms with Crippen LogP contribution in [0.1, 0.15) is 11.6 Å². The molecule has 4 rings (SSSR count). The number of aromatic amines is 1. The number of fused-ring (bicyclic) bond motifs is 1. The SMILES string of the molecule is N[C@@H](C(=O)O)c1cc(Cl)c(Oc2ccc3[nH]cc(S(=O)(=O)c4ccncc4)c3c2)c(Cl)c1. The molecular formula is C21H15Cl2N3O5S. The number of pyridine rings is 1. The quantitative estimate of drug-likeness (QED) is 0.359. The molecule has 0 radical (unpaired) electrons. The van der Waals surface area contributed by atoms with Crippen molar-refractivity contribution in [1.82, 2.24) is 9.97 Å². The van der Waals surface area contributed by atoms with E-state index < -0.39 is 21.8 Å². The van der Waals surface area contributed by atoms with Crippen LogP contribution in [0.25, 0.3) is 10.9 Å². The minimum atomic E-state index is -3.80. The van der Waals surface area contributed by atoms with Gasteiger partial charge in [-0.2, -0.15) is 0 Å². The molecule has 0 amide bonds. The predicted molar refractivity (Wildman–Crippen MR) is 119 cm³/mol. The van der Waals surface area contributed by atoms with Gasteiger partial charge in [0.05, 0.1) is 19.8 Å². The number of benzene rings is 2. The number of ether oxygens (including phenoxy) is 1. The van der Waals surface area contributed by atoms with Crippen LogP contribution in [-0.2, 0) is 14.6 Å². The molecule has 32 heavy (non-hydrogen) atoms. The fourth-order valence-corrected chi connectivity index (χ4v) is 5.11. The Morgan fingerprint density at radius 1 is 1.09 bits per heavy atom. The van der Waals surface area contributed by atoms with Crippen LogP contribution in [0.5, 0.6) is 11.5 Å². The molecule has 0 bridgehead atoms. The number of carboxylic acids is 1. The van der Waals surface area contributed by atoms with Crippen LogP contribution >= 0.6 is 23.2 Å². The van der Waals surface area contributed by atoms with Crippen molar-refractivity contribution in [2.24, 2.45) is 5.73 Å². The van der Waals surface area contributed by atoms with Crippen molar-refractivity contribution in [1.29, 1.82) is 0 Å². The first-order valence-electron chi connectivity index (χ1n) is 9.10. The molecule has 164 valence electrons. The molecule has 0 aliphatic rings. The zero-order valence-corrected chi connectivity index (χ0v) is 18.4. The first kappa shape index (κ1) is 22.1. The Morgan fingerprint density at radius 3 is 2.38 bits per heavy atom. The maximum Gasteiger partial charge on any atom is 0.325 e. The van der Waals surface area contributed by atoms with Gasteiger partial charge in [-0.05, 0) is 48.0 Å². The van der Waals surface area contributed by atoms with Gasteiger partial charge in [-0.1, -0.05) is 23.2 Å². The van der Waals surface area contributed by atoms with Gasteiger partial charge in [-0.3, -0.25) is 9.78 Å². The Morgan fingerprint density at radius 2 is 1.75 bits per heavy atom. The highest BCUT2D eigenvalue weighted by molar-refractivity contribution is 7.91. The molecule has 0 saturated heterocycles. The zero-order valence-electron chi connectivity index (χ0n) is 16.1. The smallest absolute Gasteiger partial charge is 0.325 e. The topological polar surface area (TPSA) is 135 Å². The summed E-state index contributed by atoms with van der Waals surface area (Å²) >= 11 is 12.5. The Balaban J connectivity index is 1.73. The molecule has 0 spiro atoms. The maximum atomic E-state index is 13.1. The van der Waals surface area contributed by atoms with Crippen molar-refractivity contribution < 1.29 is 23.1 Å². The van der Waals surface area contributed by atoms with Crippen LogP contribution in [-0.4, -0.2) is 29.5 Å². The predicted octanol–water partition coefficient (Wildman–Crippen LogP) is 4.58. The molecule has 1 atom stereocenters. The first-order chi connectivity index (χ1) is 15.2. The van der Waals surface area contributed by atoms with Crippen molar-refractivity contribution >= 4 is 49.9 Å². The number of aliphatic carboxylic acids is 1. The van der Waals surface area contributed by atoms with Gasteiger partial charge in [-0.15, -0.1) is 0 Å². The molecule has 0 aliphatic heterocycles. The Hall–Kier alpha value is -3.11. The van der Waals surface area contributed by atoms with Crippen molar-refractivity contribution in [3.8, 4) is 11.5 Å². The van der Waals surface area contributed by atoms with Crippen molar-refractivity contribution in [2.45, 2.75) is 15.8 Å². The third-order valence-corrected chi connectivity index (χ3v) is 7.10. The van der Waals surface area contributed by atoms with Crippen LogP contribution in [0.15, 0.2) is 70.8 Å². The molecule has 11 heteroatoms. The Kier molecular flexibility index (Phi) is 5.83. The summed E-state index contributed by atoms with van der Waals surface area (Å²) in [5.74, 6) is -0.864. The largest absolute Gasteiger partial charge is 0.480 e. The summed E-state index contributed by atoms with van der Waals surface area (Å²) in [7, 11) is -3.80. The monoisotopic (exact) mass is 491 g/mol. The molecule has 0 saturated carbocycles. The number of halogens is 2. The highest BCUT2D eigenvalue weighted by Crippen LogP contribution is 2.40. The third kappa shape index (κ3) is 4.03. The van der Waals surface area contributed by atoms with Gasteiger partial charge in [0.15, 0.2) is 5.75 Å². The Labute approximate surface area is 192 Å². The van der Waals surface area contributed by atoms with E-state index in [1.807, 2.05) is 0 Å². The second-order valence-electron chi connectivity index (χ2n) is 6.78. The van der Waals surface area contributed by atoms with Crippen LogP contribution in [0.4, 0.5) is 0 Å². The lowest BCUT2D eigenvalue weighted by Crippen LogP contribution is -2.20. The Bertz CT molecular complexity index is 1420. The second kappa shape index (κ2) is 8.44. The van der Waals surface area contributed by atoms with E-state index in [4.69, 9.17) is 38.8 Å². The van der Waals surface area contributed by atoms with Crippen molar-refractivity contribution in [3.05, 3.63) is 76.7 Å². The van der Waals surface area contributed by atoms with E-state index in [1.165, 1.54) is 42.9 Å².